The van der Waals surface area contributed by atoms with Crippen molar-refractivity contribution >= 4 is 22.5 Å². The van der Waals surface area contributed by atoms with Crippen LogP contribution in [0.1, 0.15) is 11.1 Å². The summed E-state index contributed by atoms with van der Waals surface area (Å²) in [6, 6.07) is 7.70. The van der Waals surface area contributed by atoms with Gasteiger partial charge in [-0.3, -0.25) is 9.97 Å². The number of aromatic nitrogens is 3. The molecule has 0 saturated heterocycles. The van der Waals surface area contributed by atoms with E-state index >= 15 is 0 Å². The summed E-state index contributed by atoms with van der Waals surface area (Å²) in [7, 11) is 0. The minimum atomic E-state index is 0.472. The van der Waals surface area contributed by atoms with E-state index in [-0.39, 0.29) is 0 Å². The molecule has 5 nitrogen and oxygen atoms in total. The first kappa shape index (κ1) is 11.4. The van der Waals surface area contributed by atoms with E-state index in [0.29, 0.717) is 17.9 Å². The maximum atomic E-state index is 5.93. The van der Waals surface area contributed by atoms with Gasteiger partial charge < -0.3 is 11.5 Å². The lowest BCUT2D eigenvalue weighted by molar-refractivity contribution is 1.16. The highest BCUT2D eigenvalue weighted by Gasteiger charge is 2.07. The van der Waals surface area contributed by atoms with Crippen molar-refractivity contribution in [3.8, 4) is 0 Å². The average molecular weight is 251 g/mol. The highest BCUT2D eigenvalue weighted by atomic mass is 14.8. The van der Waals surface area contributed by atoms with Gasteiger partial charge >= 0.3 is 0 Å². The number of hydrogen-bond acceptors (Lipinski definition) is 5. The maximum absolute atomic E-state index is 5.93. The molecule has 0 saturated carbocycles. The fourth-order valence-corrected chi connectivity index (χ4v) is 2.04. The van der Waals surface area contributed by atoms with Crippen molar-refractivity contribution < 1.29 is 0 Å². The normalized spacial score (nSPS) is 10.7. The van der Waals surface area contributed by atoms with Crippen LogP contribution < -0.4 is 11.5 Å². The van der Waals surface area contributed by atoms with Gasteiger partial charge in [-0.1, -0.05) is 6.07 Å². The van der Waals surface area contributed by atoms with Crippen LogP contribution in [-0.4, -0.2) is 15.0 Å². The van der Waals surface area contributed by atoms with E-state index in [1.165, 1.54) is 0 Å². The minimum Gasteiger partial charge on any atom is -0.398 e. The zero-order chi connectivity index (χ0) is 13.2. The van der Waals surface area contributed by atoms with Gasteiger partial charge in [0.25, 0.3) is 0 Å². The Kier molecular flexibility index (Phi) is 2.72. The van der Waals surface area contributed by atoms with Crippen molar-refractivity contribution in [1.82, 2.24) is 15.0 Å². The van der Waals surface area contributed by atoms with E-state index < -0.39 is 0 Å². The Balaban J connectivity index is 2.01. The molecule has 0 unspecified atom stereocenters. The van der Waals surface area contributed by atoms with E-state index in [2.05, 4.69) is 15.0 Å². The minimum absolute atomic E-state index is 0.472. The number of nitrogens with two attached hydrogens (primary N) is 2. The van der Waals surface area contributed by atoms with Gasteiger partial charge in [-0.25, -0.2) is 4.98 Å². The fraction of sp³-hybridized carbons (Fsp3) is 0.0714. The first-order valence-corrected chi connectivity index (χ1v) is 5.92. The van der Waals surface area contributed by atoms with Crippen LogP contribution in [0.15, 0.2) is 42.9 Å². The quantitative estimate of drug-likeness (QED) is 0.724. The van der Waals surface area contributed by atoms with Gasteiger partial charge in [-0.15, -0.1) is 0 Å². The van der Waals surface area contributed by atoms with Crippen LogP contribution in [0.25, 0.3) is 11.0 Å². The molecule has 5 heteroatoms. The topological polar surface area (TPSA) is 90.7 Å². The van der Waals surface area contributed by atoms with E-state index in [1.54, 1.807) is 24.7 Å². The second-order valence-electron chi connectivity index (χ2n) is 4.32. The summed E-state index contributed by atoms with van der Waals surface area (Å²) in [5.41, 5.74) is 16.1. The van der Waals surface area contributed by atoms with Crippen LogP contribution in [0.4, 0.5) is 11.5 Å². The second-order valence-corrected chi connectivity index (χ2v) is 4.32. The molecule has 0 spiro atoms. The zero-order valence-electron chi connectivity index (χ0n) is 10.2. The molecule has 4 N–H and O–H groups in total. The number of hydrogen-bond donors (Lipinski definition) is 2. The lowest BCUT2D eigenvalue weighted by Gasteiger charge is -2.08. The van der Waals surface area contributed by atoms with E-state index in [4.69, 9.17) is 11.5 Å². The van der Waals surface area contributed by atoms with E-state index in [0.717, 1.165) is 22.2 Å². The maximum Gasteiger partial charge on any atom is 0.128 e. The Morgan fingerprint density at radius 1 is 0.842 bits per heavy atom. The fourth-order valence-electron chi connectivity index (χ4n) is 2.04. The molecule has 0 amide bonds. The Morgan fingerprint density at radius 2 is 1.63 bits per heavy atom. The van der Waals surface area contributed by atoms with Crippen molar-refractivity contribution in [3.63, 3.8) is 0 Å². The van der Waals surface area contributed by atoms with Gasteiger partial charge in [-0.05, 0) is 23.8 Å². The number of rotatable bonds is 2. The molecule has 94 valence electrons. The summed E-state index contributed by atoms with van der Waals surface area (Å²) in [4.78, 5) is 12.6. The van der Waals surface area contributed by atoms with Crippen molar-refractivity contribution in [2.45, 2.75) is 6.42 Å². The monoisotopic (exact) mass is 251 g/mol. The smallest absolute Gasteiger partial charge is 0.128 e. The first-order valence-electron chi connectivity index (χ1n) is 5.92. The van der Waals surface area contributed by atoms with Gasteiger partial charge in [0.05, 0.1) is 11.0 Å². The van der Waals surface area contributed by atoms with Crippen molar-refractivity contribution in [2.75, 3.05) is 11.5 Å². The molecule has 0 aliphatic carbocycles. The van der Waals surface area contributed by atoms with E-state index in [1.807, 2.05) is 18.2 Å². The molecule has 0 aliphatic rings. The summed E-state index contributed by atoms with van der Waals surface area (Å²) < 4.78 is 0. The highest BCUT2D eigenvalue weighted by Crippen LogP contribution is 2.22. The van der Waals surface area contributed by atoms with Gasteiger partial charge in [0.2, 0.25) is 0 Å². The second kappa shape index (κ2) is 4.53. The van der Waals surface area contributed by atoms with Gasteiger partial charge in [0.1, 0.15) is 5.82 Å². The third-order valence-electron chi connectivity index (χ3n) is 3.04. The number of benzene rings is 1. The van der Waals surface area contributed by atoms with Crippen LogP contribution in [0, 0.1) is 0 Å². The number of anilines is 2. The molecule has 19 heavy (non-hydrogen) atoms. The number of nitrogen functional groups attached to an aromatic ring is 2. The van der Waals surface area contributed by atoms with Crippen LogP contribution >= 0.6 is 0 Å². The molecule has 0 fully saturated rings. The predicted octanol–water partition coefficient (Wildman–Crippen LogP) is 1.78. The van der Waals surface area contributed by atoms with Gasteiger partial charge in [0.15, 0.2) is 0 Å². The predicted molar refractivity (Wildman–Crippen MR) is 75.4 cm³/mol. The van der Waals surface area contributed by atoms with Crippen molar-refractivity contribution in [2.24, 2.45) is 0 Å². The lowest BCUT2D eigenvalue weighted by atomic mass is 10.0. The molecule has 2 heterocycles. The number of nitrogens with zero attached hydrogens (tertiary/aromatic N) is 3. The standard InChI is InChI=1S/C14H13N5/c15-11-3-4-19-14(16)10(11)7-9-1-2-12-13(8-9)18-6-5-17-12/h1-6,8H,7H2,(H4,15,16,19). The molecule has 1 aromatic carbocycles. The van der Waals surface area contributed by atoms with Crippen LogP contribution in [0.3, 0.4) is 0 Å². The third kappa shape index (κ3) is 2.18. The third-order valence-corrected chi connectivity index (χ3v) is 3.04. The molecule has 0 radical (unpaired) electrons. The van der Waals surface area contributed by atoms with Crippen molar-refractivity contribution in [1.29, 1.82) is 0 Å². The Bertz CT molecular complexity index is 718. The van der Waals surface area contributed by atoms with E-state index in [9.17, 15) is 0 Å². The number of pyridine rings is 1. The molecule has 0 bridgehead atoms. The first-order chi connectivity index (χ1) is 9.24. The molecular weight excluding hydrogens is 238 g/mol. The summed E-state index contributed by atoms with van der Waals surface area (Å²) in [6.07, 6.45) is 5.61. The summed E-state index contributed by atoms with van der Waals surface area (Å²) in [5.74, 6) is 0.472. The van der Waals surface area contributed by atoms with Crippen LogP contribution in [0.5, 0.6) is 0 Å². The largest absolute Gasteiger partial charge is 0.398 e. The molecular formula is C14H13N5. The van der Waals surface area contributed by atoms with Crippen LogP contribution in [0.2, 0.25) is 0 Å². The van der Waals surface area contributed by atoms with Gasteiger partial charge in [0, 0.05) is 36.3 Å². The molecule has 0 aliphatic heterocycles. The Labute approximate surface area is 110 Å². The molecule has 2 aromatic heterocycles. The molecule has 3 rings (SSSR count). The molecule has 3 aromatic rings. The van der Waals surface area contributed by atoms with Gasteiger partial charge in [-0.2, -0.15) is 0 Å². The average Bonchev–Trinajstić information content (AvgIpc) is 2.43. The lowest BCUT2D eigenvalue weighted by Crippen LogP contribution is -2.03. The van der Waals surface area contributed by atoms with Crippen molar-refractivity contribution in [3.05, 3.63) is 54.0 Å². The summed E-state index contributed by atoms with van der Waals surface area (Å²) in [6.45, 7) is 0. The summed E-state index contributed by atoms with van der Waals surface area (Å²) in [5, 5.41) is 0. The molecule has 0 atom stereocenters. The number of fused-ring (bicyclic) bond motifs is 1. The SMILES string of the molecule is Nc1ccnc(N)c1Cc1ccc2nccnc2c1. The Hall–Kier alpha value is -2.69. The zero-order valence-corrected chi connectivity index (χ0v) is 10.2. The summed E-state index contributed by atoms with van der Waals surface area (Å²) >= 11 is 0. The Morgan fingerprint density at radius 3 is 2.42 bits per heavy atom. The van der Waals surface area contributed by atoms with Crippen LogP contribution in [-0.2, 0) is 6.42 Å². The highest BCUT2D eigenvalue weighted by molar-refractivity contribution is 5.74.